The molecular formula is C26H25ClFN3O3S. The Morgan fingerprint density at radius 1 is 1.17 bits per heavy atom. The maximum Gasteiger partial charge on any atom is 0.338 e. The Morgan fingerprint density at radius 2 is 1.86 bits per heavy atom. The Bertz CT molecular complexity index is 1220. The molecule has 0 radical (unpaired) electrons. The summed E-state index contributed by atoms with van der Waals surface area (Å²) in [6.07, 6.45) is -0.206. The Labute approximate surface area is 212 Å². The summed E-state index contributed by atoms with van der Waals surface area (Å²) in [4.78, 5) is 32.5. The molecule has 2 aromatic rings. The highest BCUT2D eigenvalue weighted by atomic mass is 35.5. The number of nitrogens with zero attached hydrogens (tertiary/aromatic N) is 2. The molecule has 1 atom stereocenters. The highest BCUT2D eigenvalue weighted by molar-refractivity contribution is 8.16. The van der Waals surface area contributed by atoms with Crippen LogP contribution in [0.2, 0.25) is 5.02 Å². The number of benzene rings is 2. The average molecular weight is 514 g/mol. The van der Waals surface area contributed by atoms with E-state index in [0.29, 0.717) is 27.2 Å². The molecule has 2 aliphatic rings. The molecule has 0 spiro atoms. The zero-order chi connectivity index (χ0) is 25.1. The first-order valence-electron chi connectivity index (χ1n) is 11.1. The lowest BCUT2D eigenvalue weighted by atomic mass is 9.94. The van der Waals surface area contributed by atoms with Gasteiger partial charge in [0.2, 0.25) is 5.91 Å². The van der Waals surface area contributed by atoms with Crippen molar-refractivity contribution < 1.29 is 18.7 Å². The second kappa shape index (κ2) is 10.7. The van der Waals surface area contributed by atoms with Gasteiger partial charge in [0, 0.05) is 17.3 Å². The van der Waals surface area contributed by atoms with Gasteiger partial charge < -0.3 is 15.0 Å². The number of nitrogens with one attached hydrogen (secondary N) is 1. The number of carbonyl (C=O) groups is 2. The Balaban J connectivity index is 1.59. The third-order valence-electron chi connectivity index (χ3n) is 5.49. The number of ether oxygens (including phenoxy) is 1. The van der Waals surface area contributed by atoms with Gasteiger partial charge in [-0.3, -0.25) is 4.79 Å². The van der Waals surface area contributed by atoms with Crippen LogP contribution in [0.5, 0.6) is 0 Å². The topological polar surface area (TPSA) is 71.0 Å². The van der Waals surface area contributed by atoms with Crippen molar-refractivity contribution in [3.05, 3.63) is 92.9 Å². The molecule has 0 saturated heterocycles. The number of hydrogen-bond donors (Lipinski definition) is 1. The fourth-order valence-corrected chi connectivity index (χ4v) is 4.99. The van der Waals surface area contributed by atoms with E-state index in [1.807, 2.05) is 22.4 Å². The Morgan fingerprint density at radius 3 is 2.51 bits per heavy atom. The van der Waals surface area contributed by atoms with Gasteiger partial charge in [-0.25, -0.2) is 14.2 Å². The maximum absolute atomic E-state index is 13.1. The number of esters is 1. The molecule has 0 saturated carbocycles. The number of carbonyl (C=O) groups excluding carboxylic acids is 2. The highest BCUT2D eigenvalue weighted by Crippen LogP contribution is 2.45. The predicted octanol–water partition coefficient (Wildman–Crippen LogP) is 5.71. The SMILES string of the molecule is CC1=C(C(=O)OC(C)C)[C@@H](c2ccc(Cl)cc2)N2C(CC(=O)NCc3ccc(F)cc3)=CSC2=N1. The number of allylic oxidation sites excluding steroid dienone is 1. The van der Waals surface area contributed by atoms with Crippen molar-refractivity contribution in [1.82, 2.24) is 10.2 Å². The number of hydrogen-bond acceptors (Lipinski definition) is 6. The van der Waals surface area contributed by atoms with Gasteiger partial charge in [0.1, 0.15) is 5.82 Å². The molecule has 1 amide bonds. The van der Waals surface area contributed by atoms with Crippen molar-refractivity contribution in [3.63, 3.8) is 0 Å². The van der Waals surface area contributed by atoms with E-state index in [1.165, 1.54) is 23.9 Å². The van der Waals surface area contributed by atoms with Gasteiger partial charge in [0.25, 0.3) is 0 Å². The van der Waals surface area contributed by atoms with Gasteiger partial charge in [-0.15, -0.1) is 0 Å². The molecule has 9 heteroatoms. The van der Waals surface area contributed by atoms with E-state index in [1.54, 1.807) is 45.0 Å². The first-order valence-corrected chi connectivity index (χ1v) is 12.4. The summed E-state index contributed by atoms with van der Waals surface area (Å²) in [5.41, 5.74) is 3.34. The molecule has 0 unspecified atom stereocenters. The number of aliphatic imine (C=N–C) groups is 1. The fourth-order valence-electron chi connectivity index (χ4n) is 3.90. The smallest absolute Gasteiger partial charge is 0.338 e. The first kappa shape index (κ1) is 25.0. The second-order valence-electron chi connectivity index (χ2n) is 8.48. The summed E-state index contributed by atoms with van der Waals surface area (Å²) >= 11 is 7.52. The highest BCUT2D eigenvalue weighted by Gasteiger charge is 2.41. The lowest BCUT2D eigenvalue weighted by Gasteiger charge is -2.36. The number of halogens is 2. The zero-order valence-electron chi connectivity index (χ0n) is 19.5. The molecule has 2 aromatic carbocycles. The molecule has 35 heavy (non-hydrogen) atoms. The van der Waals surface area contributed by atoms with Crippen LogP contribution in [0.15, 0.2) is 75.9 Å². The molecule has 2 heterocycles. The van der Waals surface area contributed by atoms with Gasteiger partial charge in [0.15, 0.2) is 5.17 Å². The van der Waals surface area contributed by atoms with E-state index < -0.39 is 12.0 Å². The number of amidine groups is 1. The van der Waals surface area contributed by atoms with Crippen LogP contribution in [0.25, 0.3) is 0 Å². The summed E-state index contributed by atoms with van der Waals surface area (Å²) in [7, 11) is 0. The average Bonchev–Trinajstić information content (AvgIpc) is 3.19. The Hall–Kier alpha value is -3.10. The molecule has 182 valence electrons. The number of rotatable bonds is 7. The summed E-state index contributed by atoms with van der Waals surface area (Å²) in [5.74, 6) is -0.972. The summed E-state index contributed by atoms with van der Waals surface area (Å²) in [6, 6.07) is 12.7. The van der Waals surface area contributed by atoms with E-state index in [4.69, 9.17) is 16.3 Å². The number of amides is 1. The molecule has 0 fully saturated rings. The Kier molecular flexibility index (Phi) is 7.62. The van der Waals surface area contributed by atoms with Crippen molar-refractivity contribution in [2.45, 2.75) is 45.9 Å². The maximum atomic E-state index is 13.1. The summed E-state index contributed by atoms with van der Waals surface area (Å²) < 4.78 is 18.7. The third kappa shape index (κ3) is 5.77. The third-order valence-corrected chi connectivity index (χ3v) is 6.63. The van der Waals surface area contributed by atoms with Crippen LogP contribution in [-0.2, 0) is 20.9 Å². The standard InChI is InChI=1S/C26H25ClFN3O3S/c1-15(2)34-25(33)23-16(3)30-26-31(24(23)18-6-8-19(27)9-7-18)21(14-35-26)12-22(32)29-13-17-4-10-20(28)11-5-17/h4-11,14-15,24H,12-13H2,1-3H3,(H,29,32)/t24-/m1/s1. The van der Waals surface area contributed by atoms with Crippen molar-refractivity contribution in [3.8, 4) is 0 Å². The van der Waals surface area contributed by atoms with Crippen LogP contribution < -0.4 is 5.32 Å². The van der Waals surface area contributed by atoms with Gasteiger partial charge >= 0.3 is 5.97 Å². The van der Waals surface area contributed by atoms with Crippen LogP contribution in [-0.4, -0.2) is 28.0 Å². The van der Waals surface area contributed by atoms with Crippen molar-refractivity contribution >= 4 is 40.4 Å². The van der Waals surface area contributed by atoms with Gasteiger partial charge in [-0.2, -0.15) is 0 Å². The van der Waals surface area contributed by atoms with Crippen LogP contribution in [0.3, 0.4) is 0 Å². The lowest BCUT2D eigenvalue weighted by Crippen LogP contribution is -2.38. The van der Waals surface area contributed by atoms with Crippen LogP contribution in [0.1, 0.15) is 44.4 Å². The molecule has 4 rings (SSSR count). The van der Waals surface area contributed by atoms with Crippen molar-refractivity contribution in [2.75, 3.05) is 0 Å². The summed E-state index contributed by atoms with van der Waals surface area (Å²) in [5, 5.41) is 6.02. The minimum atomic E-state index is -0.517. The molecule has 0 aliphatic carbocycles. The van der Waals surface area contributed by atoms with Gasteiger partial charge in [-0.05, 0) is 61.6 Å². The van der Waals surface area contributed by atoms with E-state index in [2.05, 4.69) is 10.3 Å². The quantitative estimate of drug-likeness (QED) is 0.480. The molecule has 6 nitrogen and oxygen atoms in total. The lowest BCUT2D eigenvalue weighted by molar-refractivity contribution is -0.143. The minimum absolute atomic E-state index is 0.0862. The van der Waals surface area contributed by atoms with Gasteiger partial charge in [0.05, 0.1) is 29.8 Å². The summed E-state index contributed by atoms with van der Waals surface area (Å²) in [6.45, 7) is 5.67. The van der Waals surface area contributed by atoms with E-state index in [-0.39, 0.29) is 30.8 Å². The molecule has 1 N–H and O–H groups in total. The monoisotopic (exact) mass is 513 g/mol. The molecule has 0 aromatic heterocycles. The van der Waals surface area contributed by atoms with Crippen molar-refractivity contribution in [1.29, 1.82) is 0 Å². The second-order valence-corrected chi connectivity index (χ2v) is 9.75. The van der Waals surface area contributed by atoms with Crippen molar-refractivity contribution in [2.24, 2.45) is 4.99 Å². The fraction of sp³-hybridized carbons (Fsp3) is 0.269. The molecular weight excluding hydrogens is 489 g/mol. The first-order chi connectivity index (χ1) is 16.7. The number of thioether (sulfide) groups is 1. The van der Waals surface area contributed by atoms with Crippen LogP contribution >= 0.6 is 23.4 Å². The predicted molar refractivity (Wildman–Crippen MR) is 136 cm³/mol. The van der Waals surface area contributed by atoms with Crippen LogP contribution in [0.4, 0.5) is 4.39 Å². The minimum Gasteiger partial charge on any atom is -0.459 e. The number of fused-ring (bicyclic) bond motifs is 1. The molecule has 2 aliphatic heterocycles. The van der Waals surface area contributed by atoms with E-state index in [9.17, 15) is 14.0 Å². The molecule has 0 bridgehead atoms. The van der Waals surface area contributed by atoms with Crippen LogP contribution in [0, 0.1) is 5.82 Å². The van der Waals surface area contributed by atoms with E-state index in [0.717, 1.165) is 11.1 Å². The van der Waals surface area contributed by atoms with Gasteiger partial charge in [-0.1, -0.05) is 47.6 Å². The normalized spacial score (nSPS) is 17.2. The van der Waals surface area contributed by atoms with E-state index >= 15 is 0 Å². The zero-order valence-corrected chi connectivity index (χ0v) is 21.1. The largest absolute Gasteiger partial charge is 0.459 e.